The van der Waals surface area contributed by atoms with Gasteiger partial charge in [-0.25, -0.2) is 13.4 Å². The summed E-state index contributed by atoms with van der Waals surface area (Å²) < 4.78 is 29.8. The fourth-order valence-corrected chi connectivity index (χ4v) is 6.09. The second-order valence-corrected chi connectivity index (χ2v) is 10.7. The van der Waals surface area contributed by atoms with Crippen LogP contribution in [0.4, 0.5) is 0 Å². The monoisotopic (exact) mass is 495 g/mol. The number of sulfonamides is 1. The molecule has 0 radical (unpaired) electrons. The van der Waals surface area contributed by atoms with Gasteiger partial charge in [-0.15, -0.1) is 0 Å². The van der Waals surface area contributed by atoms with Crippen LogP contribution in [0.25, 0.3) is 11.0 Å². The molecule has 4 rings (SSSR count). The Labute approximate surface area is 203 Å². The number of hydrogen-bond donors (Lipinski definition) is 1. The summed E-state index contributed by atoms with van der Waals surface area (Å²) >= 11 is 1.44. The lowest BCUT2D eigenvalue weighted by molar-refractivity contribution is -0.137. The molecule has 0 aliphatic rings. The highest BCUT2D eigenvalue weighted by atomic mass is 32.2. The summed E-state index contributed by atoms with van der Waals surface area (Å²) in [5.41, 5.74) is 2.42. The molecule has 1 N–H and O–H groups in total. The van der Waals surface area contributed by atoms with Gasteiger partial charge in [0.1, 0.15) is 6.54 Å². The largest absolute Gasteiger partial charge is 0.480 e. The Kier molecular flexibility index (Phi) is 7.66. The molecule has 1 heterocycles. The van der Waals surface area contributed by atoms with E-state index in [1.165, 1.54) is 16.1 Å². The molecule has 0 saturated heterocycles. The fourth-order valence-electron chi connectivity index (χ4n) is 3.67. The highest BCUT2D eigenvalue weighted by molar-refractivity contribution is 7.99. The van der Waals surface area contributed by atoms with Crippen molar-refractivity contribution in [3.63, 3.8) is 0 Å². The second-order valence-electron chi connectivity index (χ2n) is 7.70. The van der Waals surface area contributed by atoms with Gasteiger partial charge in [-0.1, -0.05) is 72.4 Å². The molecule has 0 saturated carbocycles. The van der Waals surface area contributed by atoms with Gasteiger partial charge < -0.3 is 9.67 Å². The molecule has 0 amide bonds. The molecule has 0 unspecified atom stereocenters. The van der Waals surface area contributed by atoms with Crippen LogP contribution in [-0.2, 0) is 27.9 Å². The Balaban J connectivity index is 1.49. The molecular formula is C25H25N3O4S2. The maximum atomic E-state index is 13.3. The predicted molar refractivity (Wildman–Crippen MR) is 133 cm³/mol. The molecule has 34 heavy (non-hydrogen) atoms. The topological polar surface area (TPSA) is 92.5 Å². The van der Waals surface area contributed by atoms with Crippen molar-refractivity contribution in [3.05, 3.63) is 90.5 Å². The van der Waals surface area contributed by atoms with Gasteiger partial charge in [0.15, 0.2) is 5.16 Å². The average Bonchev–Trinajstić information content (AvgIpc) is 3.19. The Hall–Kier alpha value is -3.14. The molecule has 1 aromatic heterocycles. The minimum atomic E-state index is -3.66. The van der Waals surface area contributed by atoms with Gasteiger partial charge in [-0.3, -0.25) is 4.79 Å². The van der Waals surface area contributed by atoms with E-state index in [1.54, 1.807) is 34.9 Å². The third kappa shape index (κ3) is 5.67. The van der Waals surface area contributed by atoms with Crippen LogP contribution in [0.5, 0.6) is 0 Å². The average molecular weight is 496 g/mol. The third-order valence-corrected chi connectivity index (χ3v) is 8.20. The van der Waals surface area contributed by atoms with E-state index in [4.69, 9.17) is 0 Å². The highest BCUT2D eigenvalue weighted by Gasteiger charge is 2.24. The van der Waals surface area contributed by atoms with Crippen molar-refractivity contribution >= 4 is 38.8 Å². The first-order valence-corrected chi connectivity index (χ1v) is 13.3. The summed E-state index contributed by atoms with van der Waals surface area (Å²) in [6.07, 6.45) is 0.583. The number of rotatable bonds is 11. The quantitative estimate of drug-likeness (QED) is 0.243. The van der Waals surface area contributed by atoms with Crippen LogP contribution in [-0.4, -0.2) is 45.6 Å². The SMILES string of the molecule is O=C(O)Cn1c(SCCCN(Cc2ccccc2)S(=O)(=O)c2ccccc2)nc2ccccc21. The number of carboxylic acids is 1. The van der Waals surface area contributed by atoms with Crippen molar-refractivity contribution in [1.82, 2.24) is 13.9 Å². The van der Waals surface area contributed by atoms with Crippen LogP contribution in [0.15, 0.2) is 95.0 Å². The Bertz CT molecular complexity index is 1360. The predicted octanol–water partition coefficient (Wildman–Crippen LogP) is 4.49. The molecule has 176 valence electrons. The first kappa shape index (κ1) is 24.0. The van der Waals surface area contributed by atoms with E-state index in [0.29, 0.717) is 23.9 Å². The van der Waals surface area contributed by atoms with E-state index in [-0.39, 0.29) is 18.0 Å². The lowest BCUT2D eigenvalue weighted by atomic mass is 10.2. The van der Waals surface area contributed by atoms with Crippen LogP contribution in [0, 0.1) is 0 Å². The van der Waals surface area contributed by atoms with Gasteiger partial charge in [-0.05, 0) is 36.2 Å². The summed E-state index contributed by atoms with van der Waals surface area (Å²) in [7, 11) is -3.66. The Morgan fingerprint density at radius 2 is 1.59 bits per heavy atom. The zero-order valence-electron chi connectivity index (χ0n) is 18.4. The minimum Gasteiger partial charge on any atom is -0.480 e. The van der Waals surface area contributed by atoms with E-state index < -0.39 is 16.0 Å². The second kappa shape index (κ2) is 10.9. The summed E-state index contributed by atoms with van der Waals surface area (Å²) in [6.45, 7) is 0.434. The molecule has 0 spiro atoms. The van der Waals surface area contributed by atoms with Crippen molar-refractivity contribution in [2.75, 3.05) is 12.3 Å². The van der Waals surface area contributed by atoms with Crippen molar-refractivity contribution in [2.24, 2.45) is 0 Å². The van der Waals surface area contributed by atoms with Crippen LogP contribution < -0.4 is 0 Å². The van der Waals surface area contributed by atoms with E-state index in [1.807, 2.05) is 54.6 Å². The number of benzene rings is 3. The smallest absolute Gasteiger partial charge is 0.323 e. The van der Waals surface area contributed by atoms with Crippen molar-refractivity contribution in [2.45, 2.75) is 29.6 Å². The number of carboxylic acid groups (broad SMARTS) is 1. The number of hydrogen-bond acceptors (Lipinski definition) is 5. The highest BCUT2D eigenvalue weighted by Crippen LogP contribution is 2.25. The van der Waals surface area contributed by atoms with Crippen LogP contribution in [0.1, 0.15) is 12.0 Å². The maximum absolute atomic E-state index is 13.3. The van der Waals surface area contributed by atoms with E-state index >= 15 is 0 Å². The molecule has 4 aromatic rings. The van der Waals surface area contributed by atoms with Gasteiger partial charge in [0.2, 0.25) is 10.0 Å². The fraction of sp³-hybridized carbons (Fsp3) is 0.200. The zero-order valence-corrected chi connectivity index (χ0v) is 20.1. The molecule has 7 nitrogen and oxygen atoms in total. The summed E-state index contributed by atoms with van der Waals surface area (Å²) in [5.74, 6) is -0.341. The molecule has 0 fully saturated rings. The lowest BCUT2D eigenvalue weighted by Crippen LogP contribution is -2.32. The number of imidazole rings is 1. The van der Waals surface area contributed by atoms with Crippen LogP contribution >= 0.6 is 11.8 Å². The maximum Gasteiger partial charge on any atom is 0.323 e. The number of carbonyl (C=O) groups is 1. The van der Waals surface area contributed by atoms with Gasteiger partial charge in [0.05, 0.1) is 15.9 Å². The Morgan fingerprint density at radius 1 is 0.941 bits per heavy atom. The van der Waals surface area contributed by atoms with Crippen molar-refractivity contribution < 1.29 is 18.3 Å². The normalized spacial score (nSPS) is 11.8. The van der Waals surface area contributed by atoms with Crippen LogP contribution in [0.3, 0.4) is 0 Å². The van der Waals surface area contributed by atoms with Gasteiger partial charge >= 0.3 is 5.97 Å². The molecule has 0 bridgehead atoms. The van der Waals surface area contributed by atoms with Gasteiger partial charge in [0.25, 0.3) is 0 Å². The molecule has 0 atom stereocenters. The van der Waals surface area contributed by atoms with Crippen molar-refractivity contribution in [1.29, 1.82) is 0 Å². The molecule has 3 aromatic carbocycles. The number of fused-ring (bicyclic) bond motifs is 1. The number of aromatic nitrogens is 2. The van der Waals surface area contributed by atoms with Crippen LogP contribution in [0.2, 0.25) is 0 Å². The first-order chi connectivity index (χ1) is 16.4. The zero-order chi connectivity index (χ0) is 24.0. The molecule has 0 aliphatic carbocycles. The standard InChI is InChI=1S/C25H25N3O4S2/c29-24(30)19-28-23-15-8-7-14-22(23)26-25(28)33-17-9-16-27(18-20-10-3-1-4-11-20)34(31,32)21-12-5-2-6-13-21/h1-8,10-15H,9,16-19H2,(H,29,30). The van der Waals surface area contributed by atoms with Gasteiger partial charge in [-0.2, -0.15) is 4.31 Å². The summed E-state index contributed by atoms with van der Waals surface area (Å²) in [5, 5.41) is 9.94. The summed E-state index contributed by atoms with van der Waals surface area (Å²) in [4.78, 5) is 16.2. The lowest BCUT2D eigenvalue weighted by Gasteiger charge is -2.22. The molecule has 0 aliphatic heterocycles. The number of nitrogens with zero attached hydrogens (tertiary/aromatic N) is 3. The first-order valence-electron chi connectivity index (χ1n) is 10.8. The Morgan fingerprint density at radius 3 is 2.29 bits per heavy atom. The number of aliphatic carboxylic acids is 1. The van der Waals surface area contributed by atoms with E-state index in [2.05, 4.69) is 4.98 Å². The van der Waals surface area contributed by atoms with Gasteiger partial charge in [0, 0.05) is 18.8 Å². The third-order valence-electron chi connectivity index (χ3n) is 5.28. The number of para-hydroxylation sites is 2. The minimum absolute atomic E-state index is 0.175. The van der Waals surface area contributed by atoms with Crippen molar-refractivity contribution in [3.8, 4) is 0 Å². The molecular weight excluding hydrogens is 470 g/mol. The van der Waals surface area contributed by atoms with E-state index in [9.17, 15) is 18.3 Å². The summed E-state index contributed by atoms with van der Waals surface area (Å²) in [6, 6.07) is 25.4. The van der Waals surface area contributed by atoms with E-state index in [0.717, 1.165) is 16.6 Å². The number of thioether (sulfide) groups is 1. The molecule has 9 heteroatoms.